The van der Waals surface area contributed by atoms with E-state index in [0.717, 1.165) is 12.2 Å². The van der Waals surface area contributed by atoms with Gasteiger partial charge in [-0.1, -0.05) is 12.1 Å². The Morgan fingerprint density at radius 2 is 2.26 bits per heavy atom. The highest BCUT2D eigenvalue weighted by molar-refractivity contribution is 5.75. The zero-order chi connectivity index (χ0) is 13.7. The topological polar surface area (TPSA) is 50.4 Å². The van der Waals surface area contributed by atoms with Gasteiger partial charge in [0, 0.05) is 13.1 Å². The number of fused-ring (bicyclic) bond motifs is 1. The average Bonchev–Trinajstić information content (AvgIpc) is 2.46. The van der Waals surface area contributed by atoms with Gasteiger partial charge in [-0.25, -0.2) is 0 Å². The molecule has 0 saturated carbocycles. The number of ether oxygens (including phenoxy) is 1. The third-order valence-corrected chi connectivity index (χ3v) is 3.68. The van der Waals surface area contributed by atoms with E-state index in [0.29, 0.717) is 19.1 Å². The molecule has 2 N–H and O–H groups in total. The number of hydrogen-bond acceptors (Lipinski definition) is 3. The lowest BCUT2D eigenvalue weighted by atomic mass is 9.87. The lowest BCUT2D eigenvalue weighted by Gasteiger charge is -2.26. The fourth-order valence-corrected chi connectivity index (χ4v) is 2.63. The van der Waals surface area contributed by atoms with Crippen molar-refractivity contribution >= 4 is 5.91 Å². The quantitative estimate of drug-likeness (QED) is 0.850. The maximum atomic E-state index is 11.2. The van der Waals surface area contributed by atoms with Gasteiger partial charge in [0.05, 0.1) is 13.0 Å². The van der Waals surface area contributed by atoms with Crippen molar-refractivity contribution in [2.24, 2.45) is 0 Å². The van der Waals surface area contributed by atoms with Crippen molar-refractivity contribution in [1.82, 2.24) is 10.6 Å². The van der Waals surface area contributed by atoms with Gasteiger partial charge in [0.25, 0.3) is 0 Å². The number of amides is 1. The molecule has 19 heavy (non-hydrogen) atoms. The van der Waals surface area contributed by atoms with Crippen LogP contribution in [0.15, 0.2) is 18.2 Å². The Balaban J connectivity index is 2.07. The second-order valence-electron chi connectivity index (χ2n) is 4.83. The van der Waals surface area contributed by atoms with Gasteiger partial charge in [-0.15, -0.1) is 0 Å². The maximum absolute atomic E-state index is 11.2. The Morgan fingerprint density at radius 3 is 3.00 bits per heavy atom. The van der Waals surface area contributed by atoms with Crippen molar-refractivity contribution in [3.8, 4) is 5.75 Å². The van der Waals surface area contributed by atoms with Crippen LogP contribution in [-0.4, -0.2) is 26.6 Å². The second kappa shape index (κ2) is 6.57. The third kappa shape index (κ3) is 3.26. The van der Waals surface area contributed by atoms with Crippen LogP contribution >= 0.6 is 0 Å². The van der Waals surface area contributed by atoms with E-state index >= 15 is 0 Å². The molecular formula is C15H22N2O2. The van der Waals surface area contributed by atoms with Gasteiger partial charge in [-0.05, 0) is 43.5 Å². The number of carbonyl (C=O) groups is 1. The van der Waals surface area contributed by atoms with Crippen LogP contribution in [0.3, 0.4) is 0 Å². The minimum absolute atomic E-state index is 0.0119. The van der Waals surface area contributed by atoms with Crippen LogP contribution in [0.4, 0.5) is 0 Å². The summed E-state index contributed by atoms with van der Waals surface area (Å²) in [6.45, 7) is 0.431. The van der Waals surface area contributed by atoms with Gasteiger partial charge in [-0.2, -0.15) is 0 Å². The van der Waals surface area contributed by atoms with Crippen molar-refractivity contribution in [3.05, 3.63) is 29.3 Å². The van der Waals surface area contributed by atoms with Crippen molar-refractivity contribution in [2.75, 3.05) is 20.7 Å². The van der Waals surface area contributed by atoms with Crippen molar-refractivity contribution in [1.29, 1.82) is 0 Å². The monoisotopic (exact) mass is 262 g/mol. The molecule has 0 radical (unpaired) electrons. The molecule has 1 aromatic rings. The molecule has 0 aliphatic heterocycles. The van der Waals surface area contributed by atoms with E-state index in [1.165, 1.54) is 24.0 Å². The normalized spacial score (nSPS) is 17.7. The lowest BCUT2D eigenvalue weighted by molar-refractivity contribution is -0.121. The average molecular weight is 262 g/mol. The smallest absolute Gasteiger partial charge is 0.223 e. The second-order valence-corrected chi connectivity index (χ2v) is 4.83. The van der Waals surface area contributed by atoms with Crippen LogP contribution in [0.25, 0.3) is 0 Å². The molecule has 0 fully saturated rings. The fourth-order valence-electron chi connectivity index (χ4n) is 2.63. The highest BCUT2D eigenvalue weighted by Crippen LogP contribution is 2.35. The number of rotatable bonds is 5. The van der Waals surface area contributed by atoms with Crippen LogP contribution in [0.1, 0.15) is 36.4 Å². The SMILES string of the molecule is CNC(=O)CCOc1cccc2c1CCCC2NC. The highest BCUT2D eigenvalue weighted by atomic mass is 16.5. The van der Waals surface area contributed by atoms with Gasteiger partial charge in [-0.3, -0.25) is 4.79 Å². The molecule has 2 rings (SSSR count). The first-order valence-corrected chi connectivity index (χ1v) is 6.88. The van der Waals surface area contributed by atoms with E-state index < -0.39 is 0 Å². The summed E-state index contributed by atoms with van der Waals surface area (Å²) in [5.41, 5.74) is 2.64. The largest absolute Gasteiger partial charge is 0.493 e. The number of nitrogens with one attached hydrogen (secondary N) is 2. The van der Waals surface area contributed by atoms with Crippen LogP contribution in [0.5, 0.6) is 5.75 Å². The molecule has 1 atom stereocenters. The molecule has 1 aliphatic rings. The maximum Gasteiger partial charge on any atom is 0.223 e. The van der Waals surface area contributed by atoms with Crippen LogP contribution < -0.4 is 15.4 Å². The molecule has 0 saturated heterocycles. The molecule has 1 aliphatic carbocycles. The summed E-state index contributed by atoms with van der Waals surface area (Å²) in [7, 11) is 3.64. The Labute approximate surface area is 114 Å². The summed E-state index contributed by atoms with van der Waals surface area (Å²) < 4.78 is 5.78. The van der Waals surface area contributed by atoms with Crippen LogP contribution in [0.2, 0.25) is 0 Å². The van der Waals surface area contributed by atoms with Crippen molar-refractivity contribution in [3.63, 3.8) is 0 Å². The third-order valence-electron chi connectivity index (χ3n) is 3.68. The van der Waals surface area contributed by atoms with E-state index in [1.807, 2.05) is 19.2 Å². The van der Waals surface area contributed by atoms with E-state index in [1.54, 1.807) is 7.05 Å². The highest BCUT2D eigenvalue weighted by Gasteiger charge is 2.21. The van der Waals surface area contributed by atoms with Gasteiger partial charge < -0.3 is 15.4 Å². The zero-order valence-corrected chi connectivity index (χ0v) is 11.7. The first-order valence-electron chi connectivity index (χ1n) is 6.88. The van der Waals surface area contributed by atoms with E-state index in [-0.39, 0.29) is 5.91 Å². The molecule has 1 unspecified atom stereocenters. The number of benzene rings is 1. The minimum Gasteiger partial charge on any atom is -0.493 e. The predicted octanol–water partition coefficient (Wildman–Crippen LogP) is 1.80. The minimum atomic E-state index is 0.0119. The molecule has 4 nitrogen and oxygen atoms in total. The Morgan fingerprint density at radius 1 is 1.42 bits per heavy atom. The predicted molar refractivity (Wildman–Crippen MR) is 75.4 cm³/mol. The summed E-state index contributed by atoms with van der Waals surface area (Å²) in [6.07, 6.45) is 3.80. The van der Waals surface area contributed by atoms with Gasteiger partial charge in [0.1, 0.15) is 5.75 Å². The summed E-state index contributed by atoms with van der Waals surface area (Å²) >= 11 is 0. The zero-order valence-electron chi connectivity index (χ0n) is 11.7. The molecule has 0 heterocycles. The van der Waals surface area contributed by atoms with E-state index in [4.69, 9.17) is 4.74 Å². The van der Waals surface area contributed by atoms with Crippen molar-refractivity contribution < 1.29 is 9.53 Å². The first-order chi connectivity index (χ1) is 9.26. The fraction of sp³-hybridized carbons (Fsp3) is 0.533. The molecule has 1 amide bonds. The van der Waals surface area contributed by atoms with Gasteiger partial charge >= 0.3 is 0 Å². The standard InChI is InChI=1S/C15H22N2O2/c1-16-13-7-3-6-12-11(13)5-4-8-14(12)19-10-9-15(18)17-2/h4-5,8,13,16H,3,6-7,9-10H2,1-2H3,(H,17,18). The Bertz CT molecular complexity index is 446. The first kappa shape index (κ1) is 13.9. The van der Waals surface area contributed by atoms with Crippen LogP contribution in [-0.2, 0) is 11.2 Å². The molecule has 0 spiro atoms. The number of hydrogen-bond donors (Lipinski definition) is 2. The van der Waals surface area contributed by atoms with Crippen LogP contribution in [0, 0.1) is 0 Å². The number of carbonyl (C=O) groups excluding carboxylic acids is 1. The summed E-state index contributed by atoms with van der Waals surface area (Å²) in [4.78, 5) is 11.2. The molecule has 0 aromatic heterocycles. The molecule has 104 valence electrons. The van der Waals surface area contributed by atoms with Gasteiger partial charge in [0.15, 0.2) is 0 Å². The summed E-state index contributed by atoms with van der Waals surface area (Å²) in [5.74, 6) is 0.944. The lowest BCUT2D eigenvalue weighted by Crippen LogP contribution is -2.23. The summed E-state index contributed by atoms with van der Waals surface area (Å²) in [6, 6.07) is 6.62. The summed E-state index contributed by atoms with van der Waals surface area (Å²) in [5, 5.41) is 5.95. The van der Waals surface area contributed by atoms with Gasteiger partial charge in [0.2, 0.25) is 5.91 Å². The molecule has 1 aromatic carbocycles. The Hall–Kier alpha value is -1.55. The Kier molecular flexibility index (Phi) is 4.80. The van der Waals surface area contributed by atoms with E-state index in [9.17, 15) is 4.79 Å². The molecular weight excluding hydrogens is 240 g/mol. The van der Waals surface area contributed by atoms with E-state index in [2.05, 4.69) is 16.7 Å². The molecule has 4 heteroatoms. The van der Waals surface area contributed by atoms with Crippen molar-refractivity contribution in [2.45, 2.75) is 31.7 Å². The molecule has 0 bridgehead atoms.